The van der Waals surface area contributed by atoms with Crippen LogP contribution < -0.4 is 11.1 Å². The van der Waals surface area contributed by atoms with E-state index in [0.717, 1.165) is 40.7 Å². The van der Waals surface area contributed by atoms with E-state index in [0.29, 0.717) is 12.5 Å². The monoisotopic (exact) mass is 326 g/mol. The van der Waals surface area contributed by atoms with Crippen molar-refractivity contribution in [3.05, 3.63) is 22.2 Å². The van der Waals surface area contributed by atoms with Gasteiger partial charge < -0.3 is 16.2 Å². The first-order valence-electron chi connectivity index (χ1n) is 6.91. The van der Waals surface area contributed by atoms with Crippen LogP contribution in [0.25, 0.3) is 0 Å². The topological polar surface area (TPSA) is 58.3 Å². The van der Waals surface area contributed by atoms with Crippen molar-refractivity contribution in [3.8, 4) is 0 Å². The molecule has 4 N–H and O–H groups in total. The summed E-state index contributed by atoms with van der Waals surface area (Å²) < 4.78 is 0.947. The Hall–Kier alpha value is -0.740. The minimum absolute atomic E-state index is 0.577. The van der Waals surface area contributed by atoms with Crippen molar-refractivity contribution in [2.75, 3.05) is 17.6 Å². The molecule has 1 aromatic rings. The number of anilines is 2. The number of hydrogen-bond donors (Lipinski definition) is 3. The first-order chi connectivity index (χ1) is 8.89. The van der Waals surface area contributed by atoms with E-state index in [9.17, 15) is 5.11 Å². The molecule has 4 heteroatoms. The highest BCUT2D eigenvalue weighted by Gasteiger charge is 2.32. The van der Waals surface area contributed by atoms with Gasteiger partial charge in [-0.05, 0) is 59.3 Å². The van der Waals surface area contributed by atoms with Crippen LogP contribution in [0.1, 0.15) is 38.2 Å². The van der Waals surface area contributed by atoms with E-state index in [2.05, 4.69) is 28.2 Å². The highest BCUT2D eigenvalue weighted by molar-refractivity contribution is 9.10. The smallest absolute Gasteiger partial charge is 0.0821 e. The van der Waals surface area contributed by atoms with Gasteiger partial charge in [-0.15, -0.1) is 0 Å². The first-order valence-corrected chi connectivity index (χ1v) is 7.71. The van der Waals surface area contributed by atoms with Crippen LogP contribution in [-0.2, 0) is 0 Å². The zero-order valence-corrected chi connectivity index (χ0v) is 13.3. The van der Waals surface area contributed by atoms with Crippen LogP contribution in [-0.4, -0.2) is 17.3 Å². The van der Waals surface area contributed by atoms with Gasteiger partial charge in [0.1, 0.15) is 0 Å². The van der Waals surface area contributed by atoms with Gasteiger partial charge in [0.2, 0.25) is 0 Å². The molecule has 1 aliphatic carbocycles. The quantitative estimate of drug-likeness (QED) is 0.742. The molecule has 0 aromatic heterocycles. The maximum Gasteiger partial charge on any atom is 0.0821 e. The minimum atomic E-state index is -0.577. The molecular weight excluding hydrogens is 304 g/mol. The molecule has 0 heterocycles. The zero-order valence-electron chi connectivity index (χ0n) is 11.7. The Kier molecular flexibility index (Phi) is 4.41. The molecule has 106 valence electrons. The molecule has 1 aliphatic rings. The summed E-state index contributed by atoms with van der Waals surface area (Å²) in [6, 6.07) is 3.93. The third-order valence-electron chi connectivity index (χ3n) is 4.03. The minimum Gasteiger partial charge on any atom is -0.398 e. The first kappa shape index (κ1) is 14.7. The highest BCUT2D eigenvalue weighted by Crippen LogP contribution is 2.34. The number of aliphatic hydroxyl groups is 1. The molecule has 0 saturated heterocycles. The van der Waals surface area contributed by atoms with Crippen molar-refractivity contribution in [2.24, 2.45) is 5.92 Å². The summed E-state index contributed by atoms with van der Waals surface area (Å²) in [5.41, 5.74) is 8.12. The van der Waals surface area contributed by atoms with Gasteiger partial charge in [0.15, 0.2) is 0 Å². The number of halogens is 1. The summed E-state index contributed by atoms with van der Waals surface area (Å²) in [4.78, 5) is 0. The molecule has 0 amide bonds. The molecule has 2 rings (SSSR count). The number of benzene rings is 1. The lowest BCUT2D eigenvalue weighted by Crippen LogP contribution is -2.41. The van der Waals surface area contributed by atoms with Crippen molar-refractivity contribution in [1.29, 1.82) is 0 Å². The van der Waals surface area contributed by atoms with Crippen LogP contribution in [0.3, 0.4) is 0 Å². The van der Waals surface area contributed by atoms with Gasteiger partial charge in [0.25, 0.3) is 0 Å². The van der Waals surface area contributed by atoms with Crippen LogP contribution in [0.15, 0.2) is 16.6 Å². The van der Waals surface area contributed by atoms with Gasteiger partial charge in [-0.1, -0.05) is 19.8 Å². The lowest BCUT2D eigenvalue weighted by molar-refractivity contribution is -0.000771. The molecule has 19 heavy (non-hydrogen) atoms. The predicted molar refractivity (Wildman–Crippen MR) is 84.4 cm³/mol. The van der Waals surface area contributed by atoms with E-state index in [1.165, 1.54) is 6.42 Å². The fourth-order valence-corrected chi connectivity index (χ4v) is 3.39. The maximum absolute atomic E-state index is 10.6. The van der Waals surface area contributed by atoms with Crippen LogP contribution in [0, 0.1) is 12.8 Å². The second-order valence-corrected chi connectivity index (χ2v) is 6.82. The molecule has 0 spiro atoms. The molecule has 0 radical (unpaired) electrons. The van der Waals surface area contributed by atoms with Crippen molar-refractivity contribution in [1.82, 2.24) is 0 Å². The summed E-state index contributed by atoms with van der Waals surface area (Å²) >= 11 is 3.51. The Bertz CT molecular complexity index is 464. The third kappa shape index (κ3) is 3.63. The Morgan fingerprint density at radius 3 is 2.95 bits per heavy atom. The van der Waals surface area contributed by atoms with Crippen molar-refractivity contribution in [3.63, 3.8) is 0 Å². The summed E-state index contributed by atoms with van der Waals surface area (Å²) in [5.74, 6) is 0.608. The van der Waals surface area contributed by atoms with Gasteiger partial charge >= 0.3 is 0 Å². The lowest BCUT2D eigenvalue weighted by Gasteiger charge is -2.36. The molecule has 1 fully saturated rings. The van der Waals surface area contributed by atoms with E-state index >= 15 is 0 Å². The van der Waals surface area contributed by atoms with E-state index in [4.69, 9.17) is 5.73 Å². The van der Waals surface area contributed by atoms with Gasteiger partial charge in [0.05, 0.1) is 5.60 Å². The molecular formula is C15H23BrN2O. The Labute approximate surface area is 123 Å². The molecule has 0 bridgehead atoms. The molecule has 3 nitrogen and oxygen atoms in total. The van der Waals surface area contributed by atoms with Crippen LogP contribution >= 0.6 is 15.9 Å². The van der Waals surface area contributed by atoms with Gasteiger partial charge in [-0.3, -0.25) is 0 Å². The zero-order chi connectivity index (χ0) is 14.0. The van der Waals surface area contributed by atoms with Crippen LogP contribution in [0.5, 0.6) is 0 Å². The second kappa shape index (κ2) is 5.71. The number of nitrogens with one attached hydrogen (secondary N) is 1. The van der Waals surface area contributed by atoms with Crippen LogP contribution in [0.4, 0.5) is 11.4 Å². The normalized spacial score (nSPS) is 27.3. The number of nitrogen functional groups attached to an aromatic ring is 1. The average Bonchev–Trinajstić information content (AvgIpc) is 2.32. The average molecular weight is 327 g/mol. The Morgan fingerprint density at radius 2 is 2.26 bits per heavy atom. The number of nitrogens with two attached hydrogens (primary N) is 1. The predicted octanol–water partition coefficient (Wildman–Crippen LogP) is 3.69. The summed E-state index contributed by atoms with van der Waals surface area (Å²) in [6.45, 7) is 4.80. The number of hydrogen-bond acceptors (Lipinski definition) is 3. The standard InChI is InChI=1S/C15H23BrN2O/c1-10-4-3-5-15(19,8-10)9-18-14-6-11(2)13(17)7-12(14)16/h6-7,10,18-19H,3-5,8-9,17H2,1-2H3. The summed E-state index contributed by atoms with van der Waals surface area (Å²) in [6.07, 6.45) is 4.11. The van der Waals surface area contributed by atoms with Crippen molar-refractivity contribution < 1.29 is 5.11 Å². The number of aryl methyl sites for hydroxylation is 1. The van der Waals surface area contributed by atoms with Gasteiger partial charge in [-0.2, -0.15) is 0 Å². The lowest BCUT2D eigenvalue weighted by atomic mass is 9.79. The molecule has 0 aliphatic heterocycles. The Morgan fingerprint density at radius 1 is 1.53 bits per heavy atom. The largest absolute Gasteiger partial charge is 0.398 e. The van der Waals surface area contributed by atoms with E-state index in [1.54, 1.807) is 0 Å². The van der Waals surface area contributed by atoms with E-state index in [-0.39, 0.29) is 0 Å². The Balaban J connectivity index is 2.04. The molecule has 1 saturated carbocycles. The van der Waals surface area contributed by atoms with Crippen molar-refractivity contribution in [2.45, 2.75) is 45.1 Å². The van der Waals surface area contributed by atoms with Gasteiger partial charge in [-0.25, -0.2) is 0 Å². The SMILES string of the molecule is Cc1cc(NCC2(O)CCCC(C)C2)c(Br)cc1N. The maximum atomic E-state index is 10.6. The van der Waals surface area contributed by atoms with E-state index < -0.39 is 5.60 Å². The second-order valence-electron chi connectivity index (χ2n) is 5.97. The van der Waals surface area contributed by atoms with Gasteiger partial charge in [0, 0.05) is 22.4 Å². The third-order valence-corrected chi connectivity index (χ3v) is 4.69. The fourth-order valence-electron chi connectivity index (χ4n) is 2.89. The summed E-state index contributed by atoms with van der Waals surface area (Å²) in [7, 11) is 0. The van der Waals surface area contributed by atoms with E-state index in [1.807, 2.05) is 19.1 Å². The van der Waals surface area contributed by atoms with Crippen LogP contribution in [0.2, 0.25) is 0 Å². The number of rotatable bonds is 3. The molecule has 1 aromatic carbocycles. The highest BCUT2D eigenvalue weighted by atomic mass is 79.9. The molecule has 2 atom stereocenters. The fraction of sp³-hybridized carbons (Fsp3) is 0.600. The summed E-state index contributed by atoms with van der Waals surface area (Å²) in [5, 5.41) is 14.0. The molecule has 2 unspecified atom stereocenters. The van der Waals surface area contributed by atoms with Crippen molar-refractivity contribution >= 4 is 27.3 Å².